The Morgan fingerprint density at radius 3 is 2.47 bits per heavy atom. The van der Waals surface area contributed by atoms with Gasteiger partial charge in [0.2, 0.25) is 5.91 Å². The van der Waals surface area contributed by atoms with E-state index in [4.69, 9.17) is 5.73 Å². The molecule has 6 heteroatoms. The van der Waals surface area contributed by atoms with Crippen molar-refractivity contribution in [1.29, 1.82) is 0 Å². The third-order valence-electron chi connectivity index (χ3n) is 2.32. The molecule has 1 aromatic rings. The van der Waals surface area contributed by atoms with Crippen LogP contribution >= 0.6 is 24.8 Å². The van der Waals surface area contributed by atoms with Gasteiger partial charge in [-0.3, -0.25) is 9.78 Å². The minimum atomic E-state index is -0.482. The highest BCUT2D eigenvalue weighted by Gasteiger charge is 2.17. The quantitative estimate of drug-likeness (QED) is 0.891. The largest absolute Gasteiger partial charge is 0.323 e. The minimum Gasteiger partial charge on any atom is -0.323 e. The van der Waals surface area contributed by atoms with Crippen LogP contribution < -0.4 is 11.1 Å². The van der Waals surface area contributed by atoms with Crippen LogP contribution in [0.2, 0.25) is 0 Å². The number of hydrogen-bond donors (Lipinski definition) is 2. The van der Waals surface area contributed by atoms with E-state index in [-0.39, 0.29) is 36.6 Å². The molecule has 0 aliphatic carbocycles. The minimum absolute atomic E-state index is 0. The molecule has 0 saturated heterocycles. The number of pyridine rings is 1. The van der Waals surface area contributed by atoms with Gasteiger partial charge < -0.3 is 11.1 Å². The number of nitrogens with one attached hydrogen (secondary N) is 1. The number of aryl methyl sites for hydroxylation is 1. The molecular formula is C11H19Cl2N3O. The van der Waals surface area contributed by atoms with Crippen molar-refractivity contribution < 1.29 is 4.79 Å². The second-order valence-electron chi connectivity index (χ2n) is 3.95. The summed E-state index contributed by atoms with van der Waals surface area (Å²) in [6.07, 6.45) is 3.31. The molecule has 0 aliphatic rings. The Morgan fingerprint density at radius 2 is 2.00 bits per heavy atom. The molecule has 0 unspecified atom stereocenters. The monoisotopic (exact) mass is 279 g/mol. The van der Waals surface area contributed by atoms with Crippen LogP contribution in [0, 0.1) is 12.8 Å². The van der Waals surface area contributed by atoms with Crippen molar-refractivity contribution in [2.24, 2.45) is 11.7 Å². The van der Waals surface area contributed by atoms with E-state index in [1.807, 2.05) is 26.8 Å². The number of aromatic nitrogens is 1. The lowest BCUT2D eigenvalue weighted by molar-refractivity contribution is -0.118. The highest BCUT2D eigenvalue weighted by molar-refractivity contribution is 5.95. The summed E-state index contributed by atoms with van der Waals surface area (Å²) in [5.74, 6) is -0.0388. The fourth-order valence-corrected chi connectivity index (χ4v) is 1.11. The average Bonchev–Trinajstić information content (AvgIpc) is 2.20. The van der Waals surface area contributed by atoms with Crippen LogP contribution in [0.25, 0.3) is 0 Å². The Morgan fingerprint density at radius 1 is 1.41 bits per heavy atom. The summed E-state index contributed by atoms with van der Waals surface area (Å²) < 4.78 is 0. The Hall–Kier alpha value is -0.840. The van der Waals surface area contributed by atoms with Crippen molar-refractivity contribution in [3.63, 3.8) is 0 Å². The van der Waals surface area contributed by atoms with Crippen molar-refractivity contribution in [3.05, 3.63) is 24.0 Å². The van der Waals surface area contributed by atoms with Crippen LogP contribution in [0.4, 0.5) is 5.69 Å². The van der Waals surface area contributed by atoms with E-state index in [2.05, 4.69) is 10.3 Å². The number of amides is 1. The molecule has 1 atom stereocenters. The Bertz CT molecular complexity index is 358. The SMILES string of the molecule is Cc1ccncc1NC(=O)[C@H](N)C(C)C.Cl.Cl. The van der Waals surface area contributed by atoms with E-state index in [1.165, 1.54) is 0 Å². The van der Waals surface area contributed by atoms with Crippen molar-refractivity contribution >= 4 is 36.4 Å². The topological polar surface area (TPSA) is 68.0 Å². The van der Waals surface area contributed by atoms with Crippen LogP contribution in [0.5, 0.6) is 0 Å². The number of anilines is 1. The lowest BCUT2D eigenvalue weighted by Gasteiger charge is -2.15. The molecule has 0 radical (unpaired) electrons. The van der Waals surface area contributed by atoms with Gasteiger partial charge in [0.1, 0.15) is 0 Å². The maximum Gasteiger partial charge on any atom is 0.241 e. The van der Waals surface area contributed by atoms with Crippen LogP contribution in [-0.2, 0) is 4.79 Å². The molecule has 0 aliphatic heterocycles. The summed E-state index contributed by atoms with van der Waals surface area (Å²) in [7, 11) is 0. The highest BCUT2D eigenvalue weighted by atomic mass is 35.5. The average molecular weight is 280 g/mol. The summed E-state index contributed by atoms with van der Waals surface area (Å²) >= 11 is 0. The van der Waals surface area contributed by atoms with Crippen LogP contribution in [0.3, 0.4) is 0 Å². The number of nitrogens with zero attached hydrogens (tertiary/aromatic N) is 1. The van der Waals surface area contributed by atoms with E-state index in [1.54, 1.807) is 12.4 Å². The third-order valence-corrected chi connectivity index (χ3v) is 2.32. The third kappa shape index (κ3) is 5.35. The second kappa shape index (κ2) is 8.28. The van der Waals surface area contributed by atoms with Crippen LogP contribution in [0.1, 0.15) is 19.4 Å². The molecule has 17 heavy (non-hydrogen) atoms. The fourth-order valence-electron chi connectivity index (χ4n) is 1.11. The summed E-state index contributed by atoms with van der Waals surface area (Å²) in [6.45, 7) is 5.75. The van der Waals surface area contributed by atoms with Gasteiger partial charge in [-0.25, -0.2) is 0 Å². The molecular weight excluding hydrogens is 261 g/mol. The van der Waals surface area contributed by atoms with Gasteiger partial charge in [-0.05, 0) is 24.5 Å². The maximum absolute atomic E-state index is 11.6. The number of carbonyl (C=O) groups is 1. The number of halogens is 2. The van der Waals surface area contributed by atoms with Gasteiger partial charge in [0.25, 0.3) is 0 Å². The zero-order valence-electron chi connectivity index (χ0n) is 10.1. The number of nitrogens with two attached hydrogens (primary N) is 1. The van der Waals surface area contributed by atoms with Crippen molar-refractivity contribution in [2.45, 2.75) is 26.8 Å². The van der Waals surface area contributed by atoms with Gasteiger partial charge in [-0.15, -0.1) is 24.8 Å². The Labute approximate surface area is 114 Å². The van der Waals surface area contributed by atoms with Gasteiger partial charge in [-0.2, -0.15) is 0 Å². The van der Waals surface area contributed by atoms with Gasteiger partial charge in [0.05, 0.1) is 17.9 Å². The fraction of sp³-hybridized carbons (Fsp3) is 0.455. The highest BCUT2D eigenvalue weighted by Crippen LogP contribution is 2.12. The number of rotatable bonds is 3. The summed E-state index contributed by atoms with van der Waals surface area (Å²) in [4.78, 5) is 15.6. The molecule has 1 rings (SSSR count). The van der Waals surface area contributed by atoms with E-state index in [0.29, 0.717) is 0 Å². The molecule has 0 saturated carbocycles. The van der Waals surface area contributed by atoms with Crippen molar-refractivity contribution in [1.82, 2.24) is 4.98 Å². The van der Waals surface area contributed by atoms with Gasteiger partial charge >= 0.3 is 0 Å². The molecule has 98 valence electrons. The Kier molecular flexibility index (Phi) is 9.02. The van der Waals surface area contributed by atoms with E-state index < -0.39 is 6.04 Å². The zero-order valence-corrected chi connectivity index (χ0v) is 11.8. The first-order valence-electron chi connectivity index (χ1n) is 4.99. The molecule has 1 aromatic heterocycles. The lowest BCUT2D eigenvalue weighted by atomic mass is 10.0. The van der Waals surface area contributed by atoms with E-state index >= 15 is 0 Å². The summed E-state index contributed by atoms with van der Waals surface area (Å²) in [6, 6.07) is 1.36. The lowest BCUT2D eigenvalue weighted by Crippen LogP contribution is -2.39. The van der Waals surface area contributed by atoms with Crippen LogP contribution in [0.15, 0.2) is 18.5 Å². The number of hydrogen-bond acceptors (Lipinski definition) is 3. The normalized spacial score (nSPS) is 11.1. The van der Waals surface area contributed by atoms with E-state index in [9.17, 15) is 4.79 Å². The molecule has 1 amide bonds. The first-order chi connectivity index (χ1) is 7.02. The molecule has 0 fully saturated rings. The van der Waals surface area contributed by atoms with Gasteiger partial charge in [0.15, 0.2) is 0 Å². The van der Waals surface area contributed by atoms with Gasteiger partial charge in [0, 0.05) is 6.20 Å². The van der Waals surface area contributed by atoms with Crippen molar-refractivity contribution in [2.75, 3.05) is 5.32 Å². The molecule has 4 nitrogen and oxygen atoms in total. The predicted molar refractivity (Wildman–Crippen MR) is 74.9 cm³/mol. The van der Waals surface area contributed by atoms with E-state index in [0.717, 1.165) is 11.3 Å². The molecule has 0 bridgehead atoms. The first kappa shape index (κ1) is 18.5. The van der Waals surface area contributed by atoms with Crippen molar-refractivity contribution in [3.8, 4) is 0 Å². The maximum atomic E-state index is 11.6. The predicted octanol–water partition coefficient (Wildman–Crippen LogP) is 2.16. The molecule has 3 N–H and O–H groups in total. The standard InChI is InChI=1S/C11H17N3O.2ClH/c1-7(2)10(12)11(15)14-9-6-13-5-4-8(9)3;;/h4-7,10H,12H2,1-3H3,(H,14,15);2*1H/t10-;;/m1../s1. The molecule has 0 spiro atoms. The Balaban J connectivity index is 0. The summed E-state index contributed by atoms with van der Waals surface area (Å²) in [5, 5.41) is 2.76. The smallest absolute Gasteiger partial charge is 0.241 e. The van der Waals surface area contributed by atoms with Crippen LogP contribution in [-0.4, -0.2) is 16.9 Å². The molecule has 1 heterocycles. The number of carbonyl (C=O) groups excluding carboxylic acids is 1. The second-order valence-corrected chi connectivity index (χ2v) is 3.95. The first-order valence-corrected chi connectivity index (χ1v) is 4.99. The zero-order chi connectivity index (χ0) is 11.4. The summed E-state index contributed by atoms with van der Waals surface area (Å²) in [5.41, 5.74) is 7.43. The molecule has 0 aromatic carbocycles. The van der Waals surface area contributed by atoms with Gasteiger partial charge in [-0.1, -0.05) is 13.8 Å².